The van der Waals surface area contributed by atoms with E-state index in [1.807, 2.05) is 24.0 Å². The van der Waals surface area contributed by atoms with Crippen LogP contribution in [0.5, 0.6) is 0 Å². The first-order valence-electron chi connectivity index (χ1n) is 5.71. The molecule has 4 nitrogen and oxygen atoms in total. The fourth-order valence-electron chi connectivity index (χ4n) is 2.02. The van der Waals surface area contributed by atoms with Crippen molar-refractivity contribution in [2.24, 2.45) is 0 Å². The van der Waals surface area contributed by atoms with Crippen LogP contribution in [0.1, 0.15) is 12.5 Å². The summed E-state index contributed by atoms with van der Waals surface area (Å²) in [7, 11) is 0. The second-order valence-corrected chi connectivity index (χ2v) is 4.71. The van der Waals surface area contributed by atoms with Crippen LogP contribution in [-0.4, -0.2) is 42.0 Å². The number of hydrogen-bond donors (Lipinski definition) is 0. The lowest BCUT2D eigenvalue weighted by atomic mass is 10.2. The van der Waals surface area contributed by atoms with Gasteiger partial charge in [0, 0.05) is 33.1 Å². The van der Waals surface area contributed by atoms with Gasteiger partial charge >= 0.3 is 0 Å². The molecule has 0 atom stereocenters. The smallest absolute Gasteiger partial charge is 0.219 e. The van der Waals surface area contributed by atoms with Crippen molar-refractivity contribution in [1.82, 2.24) is 9.88 Å². The quantitative estimate of drug-likeness (QED) is 0.715. The number of rotatable bonds is 1. The summed E-state index contributed by atoms with van der Waals surface area (Å²) in [6, 6.07) is 3.87. The van der Waals surface area contributed by atoms with Gasteiger partial charge in [0.2, 0.25) is 5.91 Å². The van der Waals surface area contributed by atoms with Gasteiger partial charge in [-0.2, -0.15) is 0 Å². The van der Waals surface area contributed by atoms with E-state index in [2.05, 4.69) is 9.88 Å². The molecule has 0 saturated carbocycles. The molecule has 17 heavy (non-hydrogen) atoms. The maximum atomic E-state index is 11.2. The summed E-state index contributed by atoms with van der Waals surface area (Å²) >= 11 is 5.95. The first-order chi connectivity index (χ1) is 8.06. The van der Waals surface area contributed by atoms with E-state index in [-0.39, 0.29) is 5.91 Å². The van der Waals surface area contributed by atoms with E-state index in [4.69, 9.17) is 11.6 Å². The highest BCUT2D eigenvalue weighted by Gasteiger charge is 2.19. The first-order valence-corrected chi connectivity index (χ1v) is 6.09. The molecule has 0 unspecified atom stereocenters. The van der Waals surface area contributed by atoms with Crippen LogP contribution in [0.4, 0.5) is 5.82 Å². The van der Waals surface area contributed by atoms with Crippen molar-refractivity contribution in [1.29, 1.82) is 0 Å². The average Bonchev–Trinajstić information content (AvgIpc) is 2.28. The molecule has 0 bridgehead atoms. The zero-order valence-corrected chi connectivity index (χ0v) is 10.9. The van der Waals surface area contributed by atoms with Crippen LogP contribution in [-0.2, 0) is 4.79 Å². The Morgan fingerprint density at radius 3 is 2.47 bits per heavy atom. The minimum absolute atomic E-state index is 0.139. The standard InChI is InChI=1S/C12H16ClN3O/c1-9-7-11(13)14-12(8-9)16-5-3-15(4-6-16)10(2)17/h7-8H,3-6H2,1-2H3. The highest BCUT2D eigenvalue weighted by Crippen LogP contribution is 2.19. The Morgan fingerprint density at radius 1 is 1.29 bits per heavy atom. The lowest BCUT2D eigenvalue weighted by Crippen LogP contribution is -2.48. The molecule has 5 heteroatoms. The third kappa shape index (κ3) is 2.88. The molecule has 92 valence electrons. The van der Waals surface area contributed by atoms with Crippen molar-refractivity contribution in [3.63, 3.8) is 0 Å². The Labute approximate surface area is 106 Å². The number of aromatic nitrogens is 1. The number of nitrogens with zero attached hydrogens (tertiary/aromatic N) is 3. The summed E-state index contributed by atoms with van der Waals surface area (Å²) < 4.78 is 0. The zero-order chi connectivity index (χ0) is 12.4. The average molecular weight is 254 g/mol. The van der Waals surface area contributed by atoms with Gasteiger partial charge in [0.15, 0.2) is 0 Å². The third-order valence-corrected chi connectivity index (χ3v) is 3.17. The van der Waals surface area contributed by atoms with Crippen LogP contribution in [0.2, 0.25) is 5.15 Å². The number of pyridine rings is 1. The van der Waals surface area contributed by atoms with E-state index in [1.54, 1.807) is 6.92 Å². The Hall–Kier alpha value is -1.29. The van der Waals surface area contributed by atoms with Crippen molar-refractivity contribution in [3.05, 3.63) is 22.8 Å². The minimum Gasteiger partial charge on any atom is -0.353 e. The van der Waals surface area contributed by atoms with Crippen LogP contribution in [0.25, 0.3) is 0 Å². The minimum atomic E-state index is 0.139. The monoisotopic (exact) mass is 253 g/mol. The Balaban J connectivity index is 2.07. The third-order valence-electron chi connectivity index (χ3n) is 2.97. The zero-order valence-electron chi connectivity index (χ0n) is 10.1. The van der Waals surface area contributed by atoms with E-state index in [1.165, 1.54) is 0 Å². The largest absolute Gasteiger partial charge is 0.353 e. The predicted octanol–water partition coefficient (Wildman–Crippen LogP) is 1.71. The predicted molar refractivity (Wildman–Crippen MR) is 68.5 cm³/mol. The van der Waals surface area contributed by atoms with E-state index in [0.717, 1.165) is 37.6 Å². The van der Waals surface area contributed by atoms with Gasteiger partial charge in [0.1, 0.15) is 11.0 Å². The summed E-state index contributed by atoms with van der Waals surface area (Å²) in [5.41, 5.74) is 1.11. The van der Waals surface area contributed by atoms with E-state index >= 15 is 0 Å². The van der Waals surface area contributed by atoms with Gasteiger partial charge in [-0.3, -0.25) is 4.79 Å². The maximum absolute atomic E-state index is 11.2. The van der Waals surface area contributed by atoms with Crippen molar-refractivity contribution in [2.75, 3.05) is 31.1 Å². The number of piperazine rings is 1. The van der Waals surface area contributed by atoms with Crippen molar-refractivity contribution in [3.8, 4) is 0 Å². The van der Waals surface area contributed by atoms with Crippen molar-refractivity contribution < 1.29 is 4.79 Å². The topological polar surface area (TPSA) is 36.4 Å². The number of carbonyl (C=O) groups is 1. The molecule has 2 heterocycles. The lowest BCUT2D eigenvalue weighted by Gasteiger charge is -2.35. The summed E-state index contributed by atoms with van der Waals surface area (Å²) in [6.45, 7) is 6.74. The number of amides is 1. The molecular formula is C12H16ClN3O. The van der Waals surface area contributed by atoms with Gasteiger partial charge < -0.3 is 9.80 Å². The van der Waals surface area contributed by atoms with Crippen LogP contribution in [0, 0.1) is 6.92 Å². The van der Waals surface area contributed by atoms with Crippen LogP contribution >= 0.6 is 11.6 Å². The molecule has 1 fully saturated rings. The summed E-state index contributed by atoms with van der Waals surface area (Å²) in [6.07, 6.45) is 0. The fraction of sp³-hybridized carbons (Fsp3) is 0.500. The van der Waals surface area contributed by atoms with Gasteiger partial charge in [0.05, 0.1) is 0 Å². The highest BCUT2D eigenvalue weighted by molar-refractivity contribution is 6.29. The SMILES string of the molecule is CC(=O)N1CCN(c2cc(C)cc(Cl)n2)CC1. The number of aryl methyl sites for hydroxylation is 1. The molecule has 1 aromatic heterocycles. The number of hydrogen-bond acceptors (Lipinski definition) is 3. The molecule has 1 aliphatic heterocycles. The second-order valence-electron chi connectivity index (χ2n) is 4.32. The summed E-state index contributed by atoms with van der Waals surface area (Å²) in [4.78, 5) is 19.6. The summed E-state index contributed by atoms with van der Waals surface area (Å²) in [5.74, 6) is 1.04. The highest BCUT2D eigenvalue weighted by atomic mass is 35.5. The number of carbonyl (C=O) groups excluding carboxylic acids is 1. The van der Waals surface area contributed by atoms with E-state index in [0.29, 0.717) is 5.15 Å². The van der Waals surface area contributed by atoms with Gasteiger partial charge in [-0.25, -0.2) is 4.98 Å². The fourth-order valence-corrected chi connectivity index (χ4v) is 2.28. The first kappa shape index (κ1) is 12.2. The number of halogens is 1. The second kappa shape index (κ2) is 4.92. The molecular weight excluding hydrogens is 238 g/mol. The van der Waals surface area contributed by atoms with E-state index < -0.39 is 0 Å². The van der Waals surface area contributed by atoms with E-state index in [9.17, 15) is 4.79 Å². The molecule has 2 rings (SSSR count). The van der Waals surface area contributed by atoms with Gasteiger partial charge in [0.25, 0.3) is 0 Å². The number of anilines is 1. The van der Waals surface area contributed by atoms with Gasteiger partial charge in [-0.05, 0) is 24.6 Å². The maximum Gasteiger partial charge on any atom is 0.219 e. The molecule has 1 aliphatic rings. The molecule has 0 N–H and O–H groups in total. The Morgan fingerprint density at radius 2 is 1.94 bits per heavy atom. The summed E-state index contributed by atoms with van der Waals surface area (Å²) in [5, 5.41) is 0.522. The molecule has 0 aromatic carbocycles. The molecule has 1 saturated heterocycles. The Bertz CT molecular complexity index is 408. The molecule has 0 aliphatic carbocycles. The lowest BCUT2D eigenvalue weighted by molar-refractivity contribution is -0.129. The Kier molecular flexibility index (Phi) is 3.52. The van der Waals surface area contributed by atoms with Crippen LogP contribution in [0.15, 0.2) is 12.1 Å². The van der Waals surface area contributed by atoms with Gasteiger partial charge in [-0.1, -0.05) is 11.6 Å². The van der Waals surface area contributed by atoms with Gasteiger partial charge in [-0.15, -0.1) is 0 Å². The molecule has 0 spiro atoms. The van der Waals surface area contributed by atoms with Crippen molar-refractivity contribution >= 4 is 23.3 Å². The normalized spacial score (nSPS) is 16.2. The molecule has 0 radical (unpaired) electrons. The molecule has 1 aromatic rings. The van der Waals surface area contributed by atoms with Crippen LogP contribution < -0.4 is 4.90 Å². The molecule has 1 amide bonds. The van der Waals surface area contributed by atoms with Crippen molar-refractivity contribution in [2.45, 2.75) is 13.8 Å². The van der Waals surface area contributed by atoms with Crippen LogP contribution in [0.3, 0.4) is 0 Å².